The quantitative estimate of drug-likeness (QED) is 0.0588. The summed E-state index contributed by atoms with van der Waals surface area (Å²) in [5.41, 5.74) is 14.4. The summed E-state index contributed by atoms with van der Waals surface area (Å²) in [7, 11) is 3.95. The maximum Gasteiger partial charge on any atom is 0.306 e. The number of carbonyl (C=O) groups excluding carboxylic acids is 2. The Morgan fingerprint density at radius 2 is 1.89 bits per heavy atom. The minimum Gasteiger partial charge on any atom is -0.494 e. The topological polar surface area (TPSA) is 170 Å². The summed E-state index contributed by atoms with van der Waals surface area (Å²) in [6, 6.07) is 14.3. The number of benzene rings is 2. The van der Waals surface area contributed by atoms with Gasteiger partial charge in [0.05, 0.1) is 13.2 Å². The second-order valence-corrected chi connectivity index (χ2v) is 12.0. The second-order valence-electron chi connectivity index (χ2n) is 12.0. The van der Waals surface area contributed by atoms with Crippen molar-refractivity contribution in [3.05, 3.63) is 75.7 Å². The third-order valence-corrected chi connectivity index (χ3v) is 6.91. The highest BCUT2D eigenvalue weighted by Gasteiger charge is 2.54. The van der Waals surface area contributed by atoms with Gasteiger partial charge in [-0.3, -0.25) is 15.0 Å². The van der Waals surface area contributed by atoms with E-state index in [-0.39, 0.29) is 31.9 Å². The zero-order valence-corrected chi connectivity index (χ0v) is 26.8. The molecule has 244 valence electrons. The molecule has 0 radical (unpaired) electrons. The highest BCUT2D eigenvalue weighted by atomic mass is 16.6. The highest BCUT2D eigenvalue weighted by Crippen LogP contribution is 2.44. The van der Waals surface area contributed by atoms with Crippen molar-refractivity contribution in [3.63, 3.8) is 0 Å². The molecule has 0 fully saturated rings. The van der Waals surface area contributed by atoms with E-state index < -0.39 is 29.1 Å². The molecule has 1 amide bonds. The van der Waals surface area contributed by atoms with Gasteiger partial charge in [-0.1, -0.05) is 29.4 Å². The molecule has 0 aliphatic carbocycles. The van der Waals surface area contributed by atoms with Crippen LogP contribution in [-0.4, -0.2) is 79.3 Å². The van der Waals surface area contributed by atoms with Gasteiger partial charge in [-0.25, -0.2) is 10.4 Å². The normalized spacial score (nSPS) is 17.7. The van der Waals surface area contributed by atoms with Crippen molar-refractivity contribution in [2.75, 3.05) is 40.4 Å². The molecular formula is C32H45N7O6. The second kappa shape index (κ2) is 16.8. The number of aliphatic hydroxyl groups is 1. The van der Waals surface area contributed by atoms with Crippen LogP contribution in [0.15, 0.2) is 58.6 Å². The number of hydrogen-bond donors (Lipinski definition) is 3. The number of ether oxygens (including phenoxy) is 3. The maximum absolute atomic E-state index is 14.2. The van der Waals surface area contributed by atoms with Crippen LogP contribution in [0.3, 0.4) is 0 Å². The molecule has 45 heavy (non-hydrogen) atoms. The molecule has 1 aliphatic heterocycles. The fraction of sp³-hybridized carbons (Fsp3) is 0.531. The third-order valence-electron chi connectivity index (χ3n) is 6.91. The molecule has 0 aromatic heterocycles. The molecule has 0 saturated carbocycles. The first-order valence-corrected chi connectivity index (χ1v) is 15.1. The van der Waals surface area contributed by atoms with Crippen molar-refractivity contribution in [2.45, 2.75) is 70.2 Å². The minimum atomic E-state index is -1.58. The Morgan fingerprint density at radius 3 is 2.56 bits per heavy atom. The van der Waals surface area contributed by atoms with Crippen molar-refractivity contribution in [1.29, 1.82) is 0 Å². The van der Waals surface area contributed by atoms with Gasteiger partial charge in [-0.05, 0) is 95.2 Å². The van der Waals surface area contributed by atoms with Crippen molar-refractivity contribution >= 4 is 17.8 Å². The molecule has 13 heteroatoms. The van der Waals surface area contributed by atoms with Gasteiger partial charge in [0.1, 0.15) is 11.4 Å². The zero-order valence-electron chi connectivity index (χ0n) is 26.8. The smallest absolute Gasteiger partial charge is 0.306 e. The molecule has 2 aromatic rings. The molecule has 2 atom stereocenters. The van der Waals surface area contributed by atoms with E-state index in [9.17, 15) is 9.59 Å². The summed E-state index contributed by atoms with van der Waals surface area (Å²) in [5, 5.41) is 12.8. The van der Waals surface area contributed by atoms with Crippen LogP contribution in [0, 0.1) is 0 Å². The highest BCUT2D eigenvalue weighted by molar-refractivity contribution is 6.01. The predicted octanol–water partition coefficient (Wildman–Crippen LogP) is 4.21. The molecule has 1 heterocycles. The molecule has 0 spiro atoms. The van der Waals surface area contributed by atoms with Gasteiger partial charge in [0.25, 0.3) is 5.91 Å². The number of aliphatic hydroxyl groups excluding tert-OH is 1. The molecule has 3 rings (SSSR count). The summed E-state index contributed by atoms with van der Waals surface area (Å²) in [6.45, 7) is 7.13. The number of hydrazine groups is 1. The lowest BCUT2D eigenvalue weighted by Crippen LogP contribution is -2.53. The Balaban J connectivity index is 2.05. The molecular weight excluding hydrogens is 578 g/mol. The van der Waals surface area contributed by atoms with Crippen molar-refractivity contribution in [2.24, 2.45) is 10.1 Å². The summed E-state index contributed by atoms with van der Waals surface area (Å²) in [4.78, 5) is 37.0. The monoisotopic (exact) mass is 623 g/mol. The Bertz CT molecular complexity index is 1350. The summed E-state index contributed by atoms with van der Waals surface area (Å²) < 4.78 is 17.8. The number of rotatable bonds is 17. The van der Waals surface area contributed by atoms with E-state index in [0.29, 0.717) is 42.0 Å². The molecule has 3 N–H and O–H groups in total. The van der Waals surface area contributed by atoms with Crippen molar-refractivity contribution < 1.29 is 28.9 Å². The number of nitrogens with zero attached hydrogens (tertiary/aromatic N) is 5. The predicted molar refractivity (Wildman–Crippen MR) is 170 cm³/mol. The van der Waals surface area contributed by atoms with Crippen molar-refractivity contribution in [3.8, 4) is 5.75 Å². The molecule has 13 nitrogen and oxygen atoms in total. The van der Waals surface area contributed by atoms with Gasteiger partial charge < -0.3 is 24.2 Å². The summed E-state index contributed by atoms with van der Waals surface area (Å²) in [6.07, 6.45) is 0.225. The van der Waals surface area contributed by atoms with Gasteiger partial charge in [0.2, 0.25) is 5.90 Å². The average molecular weight is 624 g/mol. The van der Waals surface area contributed by atoms with E-state index in [4.69, 9.17) is 29.8 Å². The van der Waals surface area contributed by atoms with E-state index in [0.717, 1.165) is 13.0 Å². The standard InChI is InChI=1S/C32H45N7O6/c1-31(2,3)45-27(41)16-17-32(30(42)37-34-18-8-19-39(4)5)28(26-11-7-6-10-24(26)22-35-38-33)44-29(36-32)23-12-14-25(15-13-23)43-21-9-20-40/h6-7,10-15,28,34,40H,8-9,16-22H2,1-5H3,(H,37,42)/t28-,32-/m0/s1. The first kappa shape index (κ1) is 35.3. The maximum atomic E-state index is 14.2. The Kier molecular flexibility index (Phi) is 13.2. The van der Waals surface area contributed by atoms with Crippen LogP contribution in [0.1, 0.15) is 69.2 Å². The van der Waals surface area contributed by atoms with Crippen LogP contribution in [0.4, 0.5) is 0 Å². The molecule has 0 bridgehead atoms. The van der Waals surface area contributed by atoms with E-state index in [1.54, 1.807) is 51.1 Å². The van der Waals surface area contributed by atoms with Crippen LogP contribution in [0.5, 0.6) is 5.75 Å². The first-order chi connectivity index (χ1) is 21.5. The van der Waals surface area contributed by atoms with Gasteiger partial charge in [-0.2, -0.15) is 0 Å². The lowest BCUT2D eigenvalue weighted by Gasteiger charge is -2.32. The summed E-state index contributed by atoms with van der Waals surface area (Å²) >= 11 is 0. The minimum absolute atomic E-state index is 0.0144. The molecule has 2 aromatic carbocycles. The number of amides is 1. The van der Waals surface area contributed by atoms with Crippen LogP contribution in [-0.2, 0) is 25.6 Å². The average Bonchev–Trinajstić information content (AvgIpc) is 3.39. The Morgan fingerprint density at radius 1 is 1.16 bits per heavy atom. The fourth-order valence-electron chi connectivity index (χ4n) is 4.81. The number of nitrogens with one attached hydrogen (secondary N) is 2. The zero-order chi connectivity index (χ0) is 32.9. The van der Waals surface area contributed by atoms with E-state index >= 15 is 0 Å². The van der Waals surface area contributed by atoms with Crippen molar-refractivity contribution in [1.82, 2.24) is 15.8 Å². The van der Waals surface area contributed by atoms with E-state index in [2.05, 4.69) is 20.9 Å². The Labute approximate surface area is 264 Å². The number of hydrogen-bond acceptors (Lipinski definition) is 10. The number of esters is 1. The van der Waals surface area contributed by atoms with Crippen LogP contribution < -0.4 is 15.6 Å². The van der Waals surface area contributed by atoms with Gasteiger partial charge in [-0.15, -0.1) is 0 Å². The van der Waals surface area contributed by atoms with Crippen LogP contribution in [0.25, 0.3) is 10.4 Å². The first-order valence-electron chi connectivity index (χ1n) is 15.1. The fourth-order valence-corrected chi connectivity index (χ4v) is 4.81. The number of aliphatic imine (C=N–C) groups is 1. The van der Waals surface area contributed by atoms with Gasteiger partial charge in [0, 0.05) is 36.5 Å². The number of carbonyl (C=O) groups is 2. The van der Waals surface area contributed by atoms with Crippen LogP contribution >= 0.6 is 0 Å². The van der Waals surface area contributed by atoms with E-state index in [1.165, 1.54) is 0 Å². The SMILES string of the molecule is CN(C)CCCNNC(=O)[C@@]1(CCC(=O)OC(C)(C)C)N=C(c2ccc(OCCCO)cc2)O[C@H]1c1ccccc1CN=[N+]=[N-]. The molecule has 1 aliphatic rings. The molecule has 0 saturated heterocycles. The largest absolute Gasteiger partial charge is 0.494 e. The van der Waals surface area contributed by atoms with Gasteiger partial charge in [0.15, 0.2) is 11.6 Å². The van der Waals surface area contributed by atoms with E-state index in [1.807, 2.05) is 37.2 Å². The Hall–Kier alpha value is -4.16. The lowest BCUT2D eigenvalue weighted by molar-refractivity contribution is -0.155. The van der Waals surface area contributed by atoms with Crippen LogP contribution in [0.2, 0.25) is 0 Å². The molecule has 0 unspecified atom stereocenters. The number of azide groups is 1. The third kappa shape index (κ3) is 10.5. The lowest BCUT2D eigenvalue weighted by atomic mass is 9.82. The van der Waals surface area contributed by atoms with Gasteiger partial charge >= 0.3 is 5.97 Å². The summed E-state index contributed by atoms with van der Waals surface area (Å²) in [5.74, 6) is -0.119.